The first-order valence-corrected chi connectivity index (χ1v) is 7.56. The van der Waals surface area contributed by atoms with E-state index < -0.39 is 4.92 Å². The van der Waals surface area contributed by atoms with Gasteiger partial charge in [-0.3, -0.25) is 14.9 Å². The lowest BCUT2D eigenvalue weighted by Gasteiger charge is -2.12. The highest BCUT2D eigenvalue weighted by atomic mass is 16.6. The summed E-state index contributed by atoms with van der Waals surface area (Å²) in [4.78, 5) is 22.9. The van der Waals surface area contributed by atoms with Gasteiger partial charge in [0.05, 0.1) is 16.7 Å². The van der Waals surface area contributed by atoms with Gasteiger partial charge in [0.2, 0.25) is 0 Å². The Labute approximate surface area is 138 Å². The largest absolute Gasteiger partial charge is 0.463 e. The fourth-order valence-electron chi connectivity index (χ4n) is 2.62. The maximum absolute atomic E-state index is 12.4. The van der Waals surface area contributed by atoms with E-state index >= 15 is 0 Å². The molecule has 3 aromatic rings. The Bertz CT molecular complexity index is 908. The van der Waals surface area contributed by atoms with Gasteiger partial charge in [0, 0.05) is 36.9 Å². The van der Waals surface area contributed by atoms with Crippen molar-refractivity contribution >= 4 is 22.7 Å². The van der Waals surface area contributed by atoms with Gasteiger partial charge in [-0.2, -0.15) is 0 Å². The minimum absolute atomic E-state index is 0.00460. The van der Waals surface area contributed by atoms with E-state index in [2.05, 4.69) is 5.32 Å². The van der Waals surface area contributed by atoms with Crippen molar-refractivity contribution in [1.29, 1.82) is 0 Å². The van der Waals surface area contributed by atoms with Gasteiger partial charge in [-0.25, -0.2) is 0 Å². The molecule has 1 aromatic carbocycles. The molecule has 7 heteroatoms. The average Bonchev–Trinajstić information content (AvgIpc) is 3.09. The van der Waals surface area contributed by atoms with Gasteiger partial charge >= 0.3 is 0 Å². The summed E-state index contributed by atoms with van der Waals surface area (Å²) in [5, 5.41) is 13.8. The summed E-state index contributed by atoms with van der Waals surface area (Å²) in [7, 11) is 0. The number of carbonyl (C=O) groups excluding carboxylic acids is 1. The molecule has 0 aliphatic carbocycles. The molecule has 3 rings (SSSR count). The minimum atomic E-state index is -0.432. The SMILES string of the molecule is CC(C)NC(=O)c1cc2occc2n1Cc1cccc([N+](=O)[O-])c1. The summed E-state index contributed by atoms with van der Waals surface area (Å²) in [6, 6.07) is 9.85. The topological polar surface area (TPSA) is 90.3 Å². The van der Waals surface area contributed by atoms with Gasteiger partial charge < -0.3 is 14.3 Å². The molecule has 0 radical (unpaired) electrons. The van der Waals surface area contributed by atoms with Crippen LogP contribution in [0.4, 0.5) is 5.69 Å². The number of non-ortho nitro benzene ring substituents is 1. The third-order valence-electron chi connectivity index (χ3n) is 3.64. The first kappa shape index (κ1) is 15.8. The number of nitro groups is 1. The van der Waals surface area contributed by atoms with Gasteiger partial charge in [-0.15, -0.1) is 0 Å². The van der Waals surface area contributed by atoms with Crippen molar-refractivity contribution in [3.05, 3.63) is 64.0 Å². The zero-order valence-electron chi connectivity index (χ0n) is 13.4. The van der Waals surface area contributed by atoms with Crippen LogP contribution in [0.3, 0.4) is 0 Å². The van der Waals surface area contributed by atoms with Crippen molar-refractivity contribution in [2.24, 2.45) is 0 Å². The number of aromatic nitrogens is 1. The van der Waals surface area contributed by atoms with Crippen LogP contribution in [0.15, 0.2) is 47.1 Å². The molecular formula is C17H17N3O4. The fraction of sp³-hybridized carbons (Fsp3) is 0.235. The van der Waals surface area contributed by atoms with Gasteiger partial charge in [-0.05, 0) is 19.4 Å². The molecule has 7 nitrogen and oxygen atoms in total. The number of rotatable bonds is 5. The highest BCUT2D eigenvalue weighted by molar-refractivity contribution is 5.97. The van der Waals surface area contributed by atoms with Crippen molar-refractivity contribution < 1.29 is 14.1 Å². The van der Waals surface area contributed by atoms with E-state index in [0.29, 0.717) is 17.8 Å². The maximum Gasteiger partial charge on any atom is 0.269 e. The number of carbonyl (C=O) groups is 1. The number of hydrogen-bond acceptors (Lipinski definition) is 4. The standard InChI is InChI=1S/C17H17N3O4/c1-11(2)18-17(21)15-9-16-14(6-7-24-16)19(15)10-12-4-3-5-13(8-12)20(22)23/h3-9,11H,10H2,1-2H3,(H,18,21). The number of nitrogens with zero attached hydrogens (tertiary/aromatic N) is 2. The predicted octanol–water partition coefficient (Wildman–Crippen LogP) is 3.33. The number of benzene rings is 1. The van der Waals surface area contributed by atoms with Crippen LogP contribution in [0, 0.1) is 10.1 Å². The van der Waals surface area contributed by atoms with Crippen LogP contribution in [0.2, 0.25) is 0 Å². The predicted molar refractivity (Wildman–Crippen MR) is 89.0 cm³/mol. The molecule has 2 heterocycles. The first-order valence-electron chi connectivity index (χ1n) is 7.56. The van der Waals surface area contributed by atoms with Crippen LogP contribution in [0.5, 0.6) is 0 Å². The Morgan fingerprint density at radius 2 is 2.12 bits per heavy atom. The molecule has 0 bridgehead atoms. The third kappa shape index (κ3) is 3.01. The molecule has 0 saturated carbocycles. The normalized spacial score (nSPS) is 11.1. The highest BCUT2D eigenvalue weighted by Gasteiger charge is 2.18. The third-order valence-corrected chi connectivity index (χ3v) is 3.64. The van der Waals surface area contributed by atoms with Crippen molar-refractivity contribution in [2.75, 3.05) is 0 Å². The summed E-state index contributed by atoms with van der Waals surface area (Å²) in [5.74, 6) is -0.207. The summed E-state index contributed by atoms with van der Waals surface area (Å²) < 4.78 is 7.19. The van der Waals surface area contributed by atoms with Crippen molar-refractivity contribution in [1.82, 2.24) is 9.88 Å². The zero-order valence-corrected chi connectivity index (χ0v) is 13.4. The maximum atomic E-state index is 12.4. The molecule has 0 unspecified atom stereocenters. The number of nitrogens with one attached hydrogen (secondary N) is 1. The van der Waals surface area contributed by atoms with Crippen molar-refractivity contribution in [3.8, 4) is 0 Å². The number of fused-ring (bicyclic) bond motifs is 1. The summed E-state index contributed by atoms with van der Waals surface area (Å²) in [6.45, 7) is 4.11. The molecule has 0 fully saturated rings. The molecule has 24 heavy (non-hydrogen) atoms. The zero-order chi connectivity index (χ0) is 17.3. The van der Waals surface area contributed by atoms with Gasteiger partial charge in [-0.1, -0.05) is 12.1 Å². The molecule has 0 atom stereocenters. The Morgan fingerprint density at radius 1 is 1.33 bits per heavy atom. The second-order valence-electron chi connectivity index (χ2n) is 5.84. The second-order valence-corrected chi connectivity index (χ2v) is 5.84. The van der Waals surface area contributed by atoms with Gasteiger partial charge in [0.1, 0.15) is 5.69 Å². The molecule has 0 saturated heterocycles. The minimum Gasteiger partial charge on any atom is -0.463 e. The number of nitro benzene ring substituents is 1. The molecule has 1 amide bonds. The van der Waals surface area contributed by atoms with E-state index in [4.69, 9.17) is 4.42 Å². The summed E-state index contributed by atoms with van der Waals surface area (Å²) in [5.41, 5.74) is 2.60. The lowest BCUT2D eigenvalue weighted by molar-refractivity contribution is -0.384. The Morgan fingerprint density at radius 3 is 2.83 bits per heavy atom. The fourth-order valence-corrected chi connectivity index (χ4v) is 2.62. The van der Waals surface area contributed by atoms with Crippen LogP contribution in [-0.2, 0) is 6.54 Å². The number of hydrogen-bond donors (Lipinski definition) is 1. The summed E-state index contributed by atoms with van der Waals surface area (Å²) >= 11 is 0. The van der Waals surface area contributed by atoms with E-state index in [9.17, 15) is 14.9 Å². The van der Waals surface area contributed by atoms with Crippen molar-refractivity contribution in [3.63, 3.8) is 0 Å². The Balaban J connectivity index is 2.01. The van der Waals surface area contributed by atoms with Crippen LogP contribution >= 0.6 is 0 Å². The van der Waals surface area contributed by atoms with E-state index in [-0.39, 0.29) is 17.6 Å². The lowest BCUT2D eigenvalue weighted by atomic mass is 10.2. The molecular weight excluding hydrogens is 310 g/mol. The number of amides is 1. The monoisotopic (exact) mass is 327 g/mol. The quantitative estimate of drug-likeness (QED) is 0.575. The molecule has 0 aliphatic heterocycles. The molecule has 0 spiro atoms. The number of furan rings is 1. The van der Waals surface area contributed by atoms with Crippen LogP contribution < -0.4 is 5.32 Å². The molecule has 0 aliphatic rings. The molecule has 1 N–H and O–H groups in total. The second kappa shape index (κ2) is 6.19. The van der Waals surface area contributed by atoms with E-state index in [1.807, 2.05) is 13.8 Å². The average molecular weight is 327 g/mol. The Kier molecular flexibility index (Phi) is 4.07. The highest BCUT2D eigenvalue weighted by Crippen LogP contribution is 2.23. The van der Waals surface area contributed by atoms with Gasteiger partial charge in [0.15, 0.2) is 5.58 Å². The Hall–Kier alpha value is -3.09. The lowest BCUT2D eigenvalue weighted by Crippen LogP contribution is -2.31. The first-order chi connectivity index (χ1) is 11.5. The van der Waals surface area contributed by atoms with Gasteiger partial charge in [0.25, 0.3) is 11.6 Å². The van der Waals surface area contributed by atoms with E-state index in [1.54, 1.807) is 35.1 Å². The van der Waals surface area contributed by atoms with Crippen LogP contribution in [-0.4, -0.2) is 21.4 Å². The van der Waals surface area contributed by atoms with E-state index in [1.165, 1.54) is 12.1 Å². The molecule has 124 valence electrons. The van der Waals surface area contributed by atoms with Crippen LogP contribution in [0.1, 0.15) is 29.9 Å². The van der Waals surface area contributed by atoms with E-state index in [0.717, 1.165) is 11.1 Å². The van der Waals surface area contributed by atoms with Crippen molar-refractivity contribution in [2.45, 2.75) is 26.4 Å². The summed E-state index contributed by atoms with van der Waals surface area (Å²) in [6.07, 6.45) is 1.55. The smallest absolute Gasteiger partial charge is 0.269 e. The van der Waals surface area contributed by atoms with Crippen LogP contribution in [0.25, 0.3) is 11.1 Å². The molecule has 2 aromatic heterocycles.